The standard InChI is InChI=1S/C29H25F3N4O2/c1-4-17-8-7-11-22(16(17)2)34-26(38)20-14-18(15-23-24(20)36-27(35-23)28(3)12-13-28)33-25(37)19-9-5-6-10-21(19)29(30,31)32/h4-11,14-15H,1,12-13H2,2-3H3,(H,33,37)(H,34,38)(H,35,36). The van der Waals surface area contributed by atoms with Gasteiger partial charge in [0.2, 0.25) is 0 Å². The average Bonchev–Trinajstić information content (AvgIpc) is 3.48. The number of nitrogens with zero attached hydrogens (tertiary/aromatic N) is 1. The Morgan fingerprint density at radius 3 is 2.42 bits per heavy atom. The summed E-state index contributed by atoms with van der Waals surface area (Å²) in [5, 5.41) is 5.43. The van der Waals surface area contributed by atoms with Gasteiger partial charge in [0.25, 0.3) is 11.8 Å². The van der Waals surface area contributed by atoms with Crippen molar-refractivity contribution in [2.75, 3.05) is 10.6 Å². The summed E-state index contributed by atoms with van der Waals surface area (Å²) >= 11 is 0. The van der Waals surface area contributed by atoms with Gasteiger partial charge < -0.3 is 15.6 Å². The predicted octanol–water partition coefficient (Wildman–Crippen LogP) is 7.09. The van der Waals surface area contributed by atoms with Crippen LogP contribution in [0, 0.1) is 6.92 Å². The zero-order valence-corrected chi connectivity index (χ0v) is 20.8. The molecule has 1 aliphatic carbocycles. The van der Waals surface area contributed by atoms with Crippen LogP contribution in [-0.2, 0) is 11.6 Å². The van der Waals surface area contributed by atoms with Crippen LogP contribution < -0.4 is 10.6 Å². The number of fused-ring (bicyclic) bond motifs is 1. The molecular formula is C29H25F3N4O2. The van der Waals surface area contributed by atoms with E-state index in [1.54, 1.807) is 24.3 Å². The third-order valence-corrected chi connectivity index (χ3v) is 6.98. The van der Waals surface area contributed by atoms with Crippen LogP contribution in [0.2, 0.25) is 0 Å². The highest BCUT2D eigenvalue weighted by Gasteiger charge is 2.42. The van der Waals surface area contributed by atoms with Gasteiger partial charge in [-0.05, 0) is 61.2 Å². The van der Waals surface area contributed by atoms with Crippen molar-refractivity contribution in [1.29, 1.82) is 0 Å². The van der Waals surface area contributed by atoms with Gasteiger partial charge in [-0.25, -0.2) is 4.98 Å². The van der Waals surface area contributed by atoms with Crippen LogP contribution in [0.15, 0.2) is 61.2 Å². The monoisotopic (exact) mass is 518 g/mol. The van der Waals surface area contributed by atoms with Crippen LogP contribution in [0.3, 0.4) is 0 Å². The number of aromatic nitrogens is 2. The number of aromatic amines is 1. The van der Waals surface area contributed by atoms with Gasteiger partial charge in [0, 0.05) is 16.8 Å². The molecule has 0 radical (unpaired) electrons. The summed E-state index contributed by atoms with van der Waals surface area (Å²) < 4.78 is 40.5. The quantitative estimate of drug-likeness (QED) is 0.255. The van der Waals surface area contributed by atoms with E-state index in [1.165, 1.54) is 18.2 Å². The zero-order chi connectivity index (χ0) is 27.2. The topological polar surface area (TPSA) is 86.9 Å². The number of anilines is 2. The number of alkyl halides is 3. The van der Waals surface area contributed by atoms with Crippen molar-refractivity contribution in [3.05, 3.63) is 94.8 Å². The van der Waals surface area contributed by atoms with Crippen molar-refractivity contribution >= 4 is 40.3 Å². The number of H-pyrrole nitrogens is 1. The molecule has 38 heavy (non-hydrogen) atoms. The lowest BCUT2D eigenvalue weighted by atomic mass is 10.1. The maximum atomic E-state index is 13.5. The summed E-state index contributed by atoms with van der Waals surface area (Å²) in [6, 6.07) is 13.0. The predicted molar refractivity (Wildman–Crippen MR) is 141 cm³/mol. The number of rotatable bonds is 6. The third-order valence-electron chi connectivity index (χ3n) is 6.98. The number of imidazole rings is 1. The van der Waals surface area contributed by atoms with Crippen LogP contribution in [0.5, 0.6) is 0 Å². The van der Waals surface area contributed by atoms with E-state index in [1.807, 2.05) is 13.0 Å². The summed E-state index contributed by atoms with van der Waals surface area (Å²) in [4.78, 5) is 34.4. The molecule has 5 rings (SSSR count). The lowest BCUT2D eigenvalue weighted by molar-refractivity contribution is -0.137. The van der Waals surface area contributed by atoms with Gasteiger partial charge >= 0.3 is 6.18 Å². The Bertz CT molecular complexity index is 1600. The molecule has 194 valence electrons. The van der Waals surface area contributed by atoms with Crippen molar-refractivity contribution < 1.29 is 22.8 Å². The molecule has 1 aromatic heterocycles. The number of amides is 2. The number of halogens is 3. The van der Waals surface area contributed by atoms with E-state index in [4.69, 9.17) is 4.98 Å². The first-order valence-electron chi connectivity index (χ1n) is 12.1. The maximum absolute atomic E-state index is 13.5. The molecule has 0 atom stereocenters. The smallest absolute Gasteiger partial charge is 0.341 e. The molecule has 0 bridgehead atoms. The van der Waals surface area contributed by atoms with Gasteiger partial charge in [-0.3, -0.25) is 9.59 Å². The first-order chi connectivity index (χ1) is 18.0. The number of hydrogen-bond donors (Lipinski definition) is 3. The minimum absolute atomic E-state index is 0.128. The molecule has 0 unspecified atom stereocenters. The molecule has 1 fully saturated rings. The highest BCUT2D eigenvalue weighted by atomic mass is 19.4. The van der Waals surface area contributed by atoms with Crippen LogP contribution in [-0.4, -0.2) is 21.8 Å². The van der Waals surface area contributed by atoms with Crippen LogP contribution in [0.25, 0.3) is 17.1 Å². The first-order valence-corrected chi connectivity index (χ1v) is 12.1. The maximum Gasteiger partial charge on any atom is 0.417 e. The van der Waals surface area contributed by atoms with E-state index in [0.717, 1.165) is 41.9 Å². The highest BCUT2D eigenvalue weighted by molar-refractivity contribution is 6.14. The zero-order valence-electron chi connectivity index (χ0n) is 20.8. The second kappa shape index (κ2) is 9.16. The van der Waals surface area contributed by atoms with Crippen LogP contribution in [0.1, 0.15) is 63.0 Å². The fourth-order valence-electron chi connectivity index (χ4n) is 4.40. The minimum Gasteiger partial charge on any atom is -0.341 e. The lowest BCUT2D eigenvalue weighted by Gasteiger charge is -2.14. The number of benzene rings is 3. The molecule has 9 heteroatoms. The van der Waals surface area contributed by atoms with Gasteiger partial charge in [-0.15, -0.1) is 0 Å². The summed E-state index contributed by atoms with van der Waals surface area (Å²) in [5.41, 5.74) is 1.84. The second-order valence-corrected chi connectivity index (χ2v) is 9.74. The second-order valence-electron chi connectivity index (χ2n) is 9.74. The van der Waals surface area contributed by atoms with Gasteiger partial charge in [0.05, 0.1) is 22.2 Å². The largest absolute Gasteiger partial charge is 0.417 e. The van der Waals surface area contributed by atoms with Crippen molar-refractivity contribution in [1.82, 2.24) is 9.97 Å². The average molecular weight is 519 g/mol. The molecule has 0 aliphatic heterocycles. The van der Waals surface area contributed by atoms with Gasteiger partial charge in [-0.1, -0.05) is 43.8 Å². The Balaban J connectivity index is 1.55. The van der Waals surface area contributed by atoms with E-state index in [0.29, 0.717) is 16.7 Å². The fraction of sp³-hybridized carbons (Fsp3) is 0.207. The molecule has 6 nitrogen and oxygen atoms in total. The number of carbonyl (C=O) groups excluding carboxylic acids is 2. The first kappa shape index (κ1) is 25.3. The number of hydrogen-bond acceptors (Lipinski definition) is 3. The fourth-order valence-corrected chi connectivity index (χ4v) is 4.40. The Hall–Kier alpha value is -4.40. The Morgan fingerprint density at radius 1 is 1.03 bits per heavy atom. The Labute approximate surface area is 217 Å². The summed E-state index contributed by atoms with van der Waals surface area (Å²) in [7, 11) is 0. The lowest BCUT2D eigenvalue weighted by Crippen LogP contribution is -2.19. The molecule has 0 saturated heterocycles. The summed E-state index contributed by atoms with van der Waals surface area (Å²) in [6.45, 7) is 7.71. The normalized spacial score (nSPS) is 14.2. The molecule has 2 amide bonds. The van der Waals surface area contributed by atoms with Crippen molar-refractivity contribution in [2.24, 2.45) is 0 Å². The van der Waals surface area contributed by atoms with E-state index in [2.05, 4.69) is 29.1 Å². The highest BCUT2D eigenvalue weighted by Crippen LogP contribution is 2.47. The van der Waals surface area contributed by atoms with E-state index in [-0.39, 0.29) is 16.7 Å². The third kappa shape index (κ3) is 4.67. The SMILES string of the molecule is C=Cc1cccc(NC(=O)c2cc(NC(=O)c3ccccc3C(F)(F)F)cc3[nH]c(C4(C)CC4)nc23)c1C. The molecule has 3 N–H and O–H groups in total. The molecule has 4 aromatic rings. The van der Waals surface area contributed by atoms with Crippen molar-refractivity contribution in [3.63, 3.8) is 0 Å². The van der Waals surface area contributed by atoms with Gasteiger partial charge in [0.15, 0.2) is 0 Å². The van der Waals surface area contributed by atoms with Crippen LogP contribution >= 0.6 is 0 Å². The minimum atomic E-state index is -4.70. The number of nitrogens with one attached hydrogen (secondary N) is 3. The summed E-state index contributed by atoms with van der Waals surface area (Å²) in [5.74, 6) is -0.686. The van der Waals surface area contributed by atoms with Crippen molar-refractivity contribution in [3.8, 4) is 0 Å². The van der Waals surface area contributed by atoms with E-state index < -0.39 is 29.1 Å². The molecule has 3 aromatic carbocycles. The molecular weight excluding hydrogens is 493 g/mol. The summed E-state index contributed by atoms with van der Waals surface area (Å²) in [6.07, 6.45) is -1.12. The van der Waals surface area contributed by atoms with E-state index >= 15 is 0 Å². The van der Waals surface area contributed by atoms with Gasteiger partial charge in [-0.2, -0.15) is 13.2 Å². The Kier molecular flexibility index (Phi) is 6.09. The van der Waals surface area contributed by atoms with Crippen LogP contribution in [0.4, 0.5) is 24.5 Å². The van der Waals surface area contributed by atoms with Gasteiger partial charge in [0.1, 0.15) is 11.3 Å². The molecule has 1 aliphatic rings. The van der Waals surface area contributed by atoms with E-state index in [9.17, 15) is 22.8 Å². The number of carbonyl (C=O) groups is 2. The Morgan fingerprint density at radius 2 is 1.74 bits per heavy atom. The molecule has 0 spiro atoms. The molecule has 1 saturated carbocycles. The molecule has 1 heterocycles. The van der Waals surface area contributed by atoms with Crippen molar-refractivity contribution in [2.45, 2.75) is 38.3 Å².